The molecule has 0 bridgehead atoms. The van der Waals surface area contributed by atoms with Gasteiger partial charge in [-0.2, -0.15) is 0 Å². The third kappa shape index (κ3) is 2.63. The number of carbonyl (C=O) groups is 1. The van der Waals surface area contributed by atoms with Crippen molar-refractivity contribution in [1.82, 2.24) is 4.90 Å². The average Bonchev–Trinajstić information content (AvgIpc) is 3.22. The van der Waals surface area contributed by atoms with E-state index in [1.807, 2.05) is 0 Å². The van der Waals surface area contributed by atoms with Gasteiger partial charge in [-0.05, 0) is 48.4 Å². The predicted molar refractivity (Wildman–Crippen MR) is 93.0 cm³/mol. The van der Waals surface area contributed by atoms with Crippen molar-refractivity contribution in [2.24, 2.45) is 11.7 Å². The van der Waals surface area contributed by atoms with Crippen molar-refractivity contribution in [2.45, 2.75) is 44.2 Å². The second-order valence-corrected chi connectivity index (χ2v) is 7.03. The lowest BCUT2D eigenvalue weighted by Crippen LogP contribution is -2.35. The summed E-state index contributed by atoms with van der Waals surface area (Å²) in [6.07, 6.45) is 4.97. The molecular weight excluding hydrogens is 284 g/mol. The van der Waals surface area contributed by atoms with Crippen molar-refractivity contribution in [3.63, 3.8) is 0 Å². The Balaban J connectivity index is 1.66. The fourth-order valence-electron chi connectivity index (χ4n) is 4.37. The summed E-state index contributed by atoms with van der Waals surface area (Å²) in [5, 5.41) is 2.54. The molecule has 2 fully saturated rings. The molecule has 2 N–H and O–H groups in total. The summed E-state index contributed by atoms with van der Waals surface area (Å²) in [6.45, 7) is 0.887. The maximum absolute atomic E-state index is 13.0. The third-order valence-electron chi connectivity index (χ3n) is 5.54. The number of likely N-dealkylation sites (tertiary alicyclic amines) is 1. The molecule has 3 unspecified atom stereocenters. The highest BCUT2D eigenvalue weighted by atomic mass is 16.2. The van der Waals surface area contributed by atoms with E-state index in [1.165, 1.54) is 16.3 Å². The molecule has 3 atom stereocenters. The van der Waals surface area contributed by atoms with Gasteiger partial charge in [0.15, 0.2) is 0 Å². The van der Waals surface area contributed by atoms with E-state index in [0.29, 0.717) is 5.91 Å². The van der Waals surface area contributed by atoms with Gasteiger partial charge in [0.25, 0.3) is 0 Å². The van der Waals surface area contributed by atoms with E-state index in [0.717, 1.165) is 38.6 Å². The molecule has 2 aromatic carbocycles. The first-order chi connectivity index (χ1) is 11.2. The summed E-state index contributed by atoms with van der Waals surface area (Å²) in [4.78, 5) is 15.1. The summed E-state index contributed by atoms with van der Waals surface area (Å²) in [6, 6.07) is 15.4. The largest absolute Gasteiger partial charge is 0.335 e. The minimum Gasteiger partial charge on any atom is -0.335 e. The first-order valence-corrected chi connectivity index (χ1v) is 8.78. The molecule has 2 aromatic rings. The molecule has 120 valence electrons. The van der Waals surface area contributed by atoms with Crippen molar-refractivity contribution in [3.05, 3.63) is 48.0 Å². The number of hydrogen-bond acceptors (Lipinski definition) is 2. The quantitative estimate of drug-likeness (QED) is 0.921. The van der Waals surface area contributed by atoms with Gasteiger partial charge >= 0.3 is 0 Å². The Morgan fingerprint density at radius 1 is 1.04 bits per heavy atom. The van der Waals surface area contributed by atoms with Gasteiger partial charge in [-0.15, -0.1) is 0 Å². The van der Waals surface area contributed by atoms with Crippen LogP contribution in [0.2, 0.25) is 0 Å². The van der Waals surface area contributed by atoms with Crippen molar-refractivity contribution in [1.29, 1.82) is 0 Å². The van der Waals surface area contributed by atoms with Crippen LogP contribution in [-0.2, 0) is 4.79 Å². The van der Waals surface area contributed by atoms with E-state index in [-0.39, 0.29) is 18.0 Å². The molecule has 1 heterocycles. The van der Waals surface area contributed by atoms with E-state index in [4.69, 9.17) is 5.73 Å². The monoisotopic (exact) mass is 308 g/mol. The Kier molecular flexibility index (Phi) is 3.82. The number of rotatable bonds is 2. The van der Waals surface area contributed by atoms with Crippen molar-refractivity contribution in [2.75, 3.05) is 6.54 Å². The van der Waals surface area contributed by atoms with Crippen LogP contribution in [0.25, 0.3) is 10.8 Å². The summed E-state index contributed by atoms with van der Waals surface area (Å²) in [5.41, 5.74) is 7.31. The number of nitrogens with zero attached hydrogens (tertiary/aromatic N) is 1. The zero-order valence-corrected chi connectivity index (χ0v) is 13.4. The highest BCUT2D eigenvalue weighted by Crippen LogP contribution is 2.38. The van der Waals surface area contributed by atoms with Crippen LogP contribution in [0.5, 0.6) is 0 Å². The van der Waals surface area contributed by atoms with E-state index < -0.39 is 0 Å². The number of hydrogen-bond donors (Lipinski definition) is 1. The Morgan fingerprint density at radius 3 is 2.70 bits per heavy atom. The van der Waals surface area contributed by atoms with E-state index in [2.05, 4.69) is 47.4 Å². The molecule has 3 heteroatoms. The lowest BCUT2D eigenvalue weighted by atomic mass is 9.96. The number of nitrogens with two attached hydrogens (primary N) is 1. The summed E-state index contributed by atoms with van der Waals surface area (Å²) in [5.74, 6) is 0.467. The highest BCUT2D eigenvalue weighted by molar-refractivity contribution is 5.87. The minimum atomic E-state index is 0.139. The van der Waals surface area contributed by atoms with Crippen LogP contribution < -0.4 is 5.73 Å². The van der Waals surface area contributed by atoms with Crippen LogP contribution in [0.4, 0.5) is 0 Å². The van der Waals surface area contributed by atoms with Crippen molar-refractivity contribution < 1.29 is 4.79 Å². The number of amides is 1. The molecule has 3 nitrogen and oxygen atoms in total. The van der Waals surface area contributed by atoms with Crippen LogP contribution in [0.1, 0.15) is 43.7 Å². The lowest BCUT2D eigenvalue weighted by molar-refractivity contribution is -0.136. The van der Waals surface area contributed by atoms with Crippen LogP contribution in [-0.4, -0.2) is 23.4 Å². The van der Waals surface area contributed by atoms with E-state index >= 15 is 0 Å². The van der Waals surface area contributed by atoms with Gasteiger partial charge in [-0.3, -0.25) is 4.79 Å². The minimum absolute atomic E-state index is 0.139. The van der Waals surface area contributed by atoms with E-state index in [1.54, 1.807) is 0 Å². The lowest BCUT2D eigenvalue weighted by Gasteiger charge is -2.28. The van der Waals surface area contributed by atoms with Gasteiger partial charge in [-0.1, -0.05) is 42.5 Å². The van der Waals surface area contributed by atoms with Crippen LogP contribution in [0.3, 0.4) is 0 Å². The molecule has 4 rings (SSSR count). The normalized spacial score (nSPS) is 27.7. The third-order valence-corrected chi connectivity index (χ3v) is 5.54. The molecule has 1 saturated heterocycles. The van der Waals surface area contributed by atoms with Gasteiger partial charge in [0.2, 0.25) is 5.91 Å². The number of fused-ring (bicyclic) bond motifs is 1. The van der Waals surface area contributed by atoms with Gasteiger partial charge < -0.3 is 10.6 Å². The molecule has 1 aliphatic carbocycles. The standard InChI is InChI=1S/C20H24N2O/c21-16-11-10-15(13-16)20(23)22-12-4-9-19(22)18-8-3-6-14-5-1-2-7-17(14)18/h1-3,5-8,15-16,19H,4,9-13,21H2. The second-order valence-electron chi connectivity index (χ2n) is 7.03. The zero-order valence-electron chi connectivity index (χ0n) is 13.4. The Morgan fingerprint density at radius 2 is 1.87 bits per heavy atom. The smallest absolute Gasteiger partial charge is 0.226 e. The Hall–Kier alpha value is -1.87. The predicted octanol–water partition coefficient (Wildman–Crippen LogP) is 3.63. The molecule has 0 radical (unpaired) electrons. The van der Waals surface area contributed by atoms with Crippen LogP contribution in [0, 0.1) is 5.92 Å². The molecular formula is C20H24N2O. The Labute approximate surface area is 137 Å². The molecule has 23 heavy (non-hydrogen) atoms. The second kappa shape index (κ2) is 5.97. The molecule has 1 aliphatic heterocycles. The summed E-state index contributed by atoms with van der Waals surface area (Å²) in [7, 11) is 0. The van der Waals surface area contributed by atoms with Crippen molar-refractivity contribution >= 4 is 16.7 Å². The first kappa shape index (κ1) is 14.7. The van der Waals surface area contributed by atoms with Crippen LogP contribution >= 0.6 is 0 Å². The van der Waals surface area contributed by atoms with Crippen LogP contribution in [0.15, 0.2) is 42.5 Å². The fourth-order valence-corrected chi connectivity index (χ4v) is 4.37. The summed E-state index contributed by atoms with van der Waals surface area (Å²) < 4.78 is 0. The molecule has 1 amide bonds. The average molecular weight is 308 g/mol. The molecule has 0 aromatic heterocycles. The fraction of sp³-hybridized carbons (Fsp3) is 0.450. The topological polar surface area (TPSA) is 46.3 Å². The molecule has 1 saturated carbocycles. The maximum Gasteiger partial charge on any atom is 0.226 e. The van der Waals surface area contributed by atoms with Gasteiger partial charge in [0, 0.05) is 18.5 Å². The zero-order chi connectivity index (χ0) is 15.8. The van der Waals surface area contributed by atoms with Gasteiger partial charge in [-0.25, -0.2) is 0 Å². The molecule has 2 aliphatic rings. The van der Waals surface area contributed by atoms with Gasteiger partial charge in [0.05, 0.1) is 6.04 Å². The van der Waals surface area contributed by atoms with Gasteiger partial charge in [0.1, 0.15) is 0 Å². The van der Waals surface area contributed by atoms with E-state index in [9.17, 15) is 4.79 Å². The number of benzene rings is 2. The maximum atomic E-state index is 13.0. The van der Waals surface area contributed by atoms with Crippen molar-refractivity contribution in [3.8, 4) is 0 Å². The summed E-state index contributed by atoms with van der Waals surface area (Å²) >= 11 is 0. The first-order valence-electron chi connectivity index (χ1n) is 8.78. The number of carbonyl (C=O) groups excluding carboxylic acids is 1. The Bertz CT molecular complexity index is 721. The SMILES string of the molecule is NC1CCC(C(=O)N2CCCC2c2cccc3ccccc23)C1. The molecule has 0 spiro atoms. The highest BCUT2D eigenvalue weighted by Gasteiger charge is 2.37.